The molecule has 2 aliphatic carbocycles. The molecule has 4 heteroatoms. The molecule has 2 N–H and O–H groups in total. The van der Waals surface area contributed by atoms with Gasteiger partial charge in [0.2, 0.25) is 0 Å². The van der Waals surface area contributed by atoms with Crippen LogP contribution in [0.15, 0.2) is 0 Å². The normalized spacial score (nSPS) is 39.7. The Labute approximate surface area is 111 Å². The Kier molecular flexibility index (Phi) is 4.37. The van der Waals surface area contributed by atoms with Gasteiger partial charge in [0, 0.05) is 12.3 Å². The minimum atomic E-state index is -2.88. The second kappa shape index (κ2) is 5.49. The van der Waals surface area contributed by atoms with E-state index in [0.29, 0.717) is 11.8 Å². The summed E-state index contributed by atoms with van der Waals surface area (Å²) in [5, 5.41) is -0.138. The molecule has 2 rings (SSSR count). The molecule has 2 aliphatic rings. The van der Waals surface area contributed by atoms with Crippen molar-refractivity contribution >= 4 is 9.84 Å². The van der Waals surface area contributed by atoms with E-state index in [-0.39, 0.29) is 11.3 Å². The number of rotatable bonds is 3. The third-order valence-corrected chi connectivity index (χ3v) is 6.74. The highest BCUT2D eigenvalue weighted by Crippen LogP contribution is 2.38. The first-order valence-electron chi connectivity index (χ1n) is 7.32. The Morgan fingerprint density at radius 2 is 1.72 bits per heavy atom. The van der Waals surface area contributed by atoms with E-state index in [9.17, 15) is 8.42 Å². The molecule has 2 fully saturated rings. The van der Waals surface area contributed by atoms with Gasteiger partial charge in [-0.05, 0) is 49.9 Å². The molecule has 0 spiro atoms. The molecule has 0 amide bonds. The average molecular weight is 273 g/mol. The number of hydrogen-bond donors (Lipinski definition) is 1. The Bertz CT molecular complexity index is 379. The van der Waals surface area contributed by atoms with Crippen molar-refractivity contribution in [3.8, 4) is 0 Å². The topological polar surface area (TPSA) is 60.2 Å². The van der Waals surface area contributed by atoms with Gasteiger partial charge in [-0.3, -0.25) is 0 Å². The van der Waals surface area contributed by atoms with E-state index in [1.54, 1.807) is 0 Å². The third-order valence-electron chi connectivity index (χ3n) is 5.10. The first-order chi connectivity index (χ1) is 8.38. The standard InChI is InChI=1S/C14H27NO2S/c1-10-6-7-12(8-10)14(15)11-4-3-5-13(9-11)18(2,16)17/h10-14H,3-9,15H2,1-2H3. The highest BCUT2D eigenvalue weighted by atomic mass is 32.2. The van der Waals surface area contributed by atoms with Gasteiger partial charge < -0.3 is 5.73 Å². The molecule has 0 aromatic rings. The number of sulfone groups is 1. The zero-order valence-electron chi connectivity index (χ0n) is 11.6. The molecule has 0 radical (unpaired) electrons. The van der Waals surface area contributed by atoms with E-state index < -0.39 is 9.84 Å². The summed E-state index contributed by atoms with van der Waals surface area (Å²) in [6.07, 6.45) is 8.93. The van der Waals surface area contributed by atoms with E-state index in [1.165, 1.54) is 25.5 Å². The first kappa shape index (κ1) is 14.3. The highest BCUT2D eigenvalue weighted by molar-refractivity contribution is 7.91. The highest BCUT2D eigenvalue weighted by Gasteiger charge is 2.36. The van der Waals surface area contributed by atoms with Gasteiger partial charge in [0.15, 0.2) is 0 Å². The maximum Gasteiger partial charge on any atom is 0.150 e. The molecule has 0 saturated heterocycles. The summed E-state index contributed by atoms with van der Waals surface area (Å²) in [6.45, 7) is 2.30. The lowest BCUT2D eigenvalue weighted by molar-refractivity contribution is 0.244. The van der Waals surface area contributed by atoms with E-state index in [0.717, 1.165) is 31.6 Å². The van der Waals surface area contributed by atoms with Crippen molar-refractivity contribution in [1.29, 1.82) is 0 Å². The second-order valence-corrected chi connectivity index (χ2v) is 8.96. The van der Waals surface area contributed by atoms with Crippen molar-refractivity contribution in [1.82, 2.24) is 0 Å². The van der Waals surface area contributed by atoms with Gasteiger partial charge >= 0.3 is 0 Å². The molecule has 3 nitrogen and oxygen atoms in total. The van der Waals surface area contributed by atoms with Crippen LogP contribution in [-0.2, 0) is 9.84 Å². The van der Waals surface area contributed by atoms with Crippen LogP contribution in [0.25, 0.3) is 0 Å². The van der Waals surface area contributed by atoms with E-state index >= 15 is 0 Å². The van der Waals surface area contributed by atoms with Gasteiger partial charge in [-0.2, -0.15) is 0 Å². The van der Waals surface area contributed by atoms with Crippen LogP contribution >= 0.6 is 0 Å². The summed E-state index contributed by atoms with van der Waals surface area (Å²) in [7, 11) is -2.88. The average Bonchev–Trinajstić information content (AvgIpc) is 2.74. The van der Waals surface area contributed by atoms with Crippen LogP contribution in [0.1, 0.15) is 51.9 Å². The van der Waals surface area contributed by atoms with Crippen LogP contribution in [0.5, 0.6) is 0 Å². The Hall–Kier alpha value is -0.0900. The Morgan fingerprint density at radius 1 is 1.06 bits per heavy atom. The SMILES string of the molecule is CC1CCC(C(N)C2CCCC(S(C)(=O)=O)C2)C1. The van der Waals surface area contributed by atoms with Gasteiger partial charge in [-0.25, -0.2) is 8.42 Å². The second-order valence-electron chi connectivity index (χ2n) is 6.63. The number of nitrogens with two attached hydrogens (primary N) is 1. The van der Waals surface area contributed by atoms with Crippen LogP contribution < -0.4 is 5.73 Å². The van der Waals surface area contributed by atoms with Crippen LogP contribution in [0.3, 0.4) is 0 Å². The van der Waals surface area contributed by atoms with Crippen LogP contribution in [0.4, 0.5) is 0 Å². The summed E-state index contributed by atoms with van der Waals surface area (Å²) in [6, 6.07) is 0.222. The van der Waals surface area contributed by atoms with Gasteiger partial charge in [-0.1, -0.05) is 19.8 Å². The molecule has 0 bridgehead atoms. The molecule has 2 saturated carbocycles. The molecule has 18 heavy (non-hydrogen) atoms. The van der Waals surface area contributed by atoms with Gasteiger partial charge in [0.25, 0.3) is 0 Å². The lowest BCUT2D eigenvalue weighted by atomic mass is 9.78. The maximum absolute atomic E-state index is 11.7. The molecule has 0 heterocycles. The summed E-state index contributed by atoms with van der Waals surface area (Å²) >= 11 is 0. The fourth-order valence-electron chi connectivity index (χ4n) is 3.91. The summed E-state index contributed by atoms with van der Waals surface area (Å²) in [5.41, 5.74) is 6.43. The zero-order valence-corrected chi connectivity index (χ0v) is 12.5. The van der Waals surface area contributed by atoms with Crippen molar-refractivity contribution in [3.63, 3.8) is 0 Å². The Balaban J connectivity index is 1.96. The summed E-state index contributed by atoms with van der Waals surface area (Å²) in [4.78, 5) is 0. The molecule has 0 aromatic heterocycles. The zero-order chi connectivity index (χ0) is 13.3. The summed E-state index contributed by atoms with van der Waals surface area (Å²) in [5.74, 6) is 1.85. The largest absolute Gasteiger partial charge is 0.327 e. The van der Waals surface area contributed by atoms with Gasteiger partial charge in [0.1, 0.15) is 9.84 Å². The first-order valence-corrected chi connectivity index (χ1v) is 9.28. The van der Waals surface area contributed by atoms with Crippen molar-refractivity contribution in [3.05, 3.63) is 0 Å². The third kappa shape index (κ3) is 3.27. The van der Waals surface area contributed by atoms with Crippen LogP contribution in [0, 0.1) is 17.8 Å². The molecule has 5 unspecified atom stereocenters. The molecule has 0 aromatic carbocycles. The fourth-order valence-corrected chi connectivity index (χ4v) is 5.10. The van der Waals surface area contributed by atoms with Crippen molar-refractivity contribution < 1.29 is 8.42 Å². The van der Waals surface area contributed by atoms with Crippen molar-refractivity contribution in [2.45, 2.75) is 63.2 Å². The lowest BCUT2D eigenvalue weighted by Crippen LogP contribution is -2.41. The van der Waals surface area contributed by atoms with Gasteiger partial charge in [0.05, 0.1) is 5.25 Å². The van der Waals surface area contributed by atoms with Gasteiger partial charge in [-0.15, -0.1) is 0 Å². The van der Waals surface area contributed by atoms with Crippen LogP contribution in [-0.4, -0.2) is 26.0 Å². The molecule has 106 valence electrons. The lowest BCUT2D eigenvalue weighted by Gasteiger charge is -2.34. The summed E-state index contributed by atoms with van der Waals surface area (Å²) < 4.78 is 23.4. The van der Waals surface area contributed by atoms with Crippen LogP contribution in [0.2, 0.25) is 0 Å². The monoisotopic (exact) mass is 273 g/mol. The minimum Gasteiger partial charge on any atom is -0.327 e. The predicted octanol–water partition coefficient (Wildman–Crippen LogP) is 2.35. The minimum absolute atomic E-state index is 0.138. The fraction of sp³-hybridized carbons (Fsp3) is 1.00. The van der Waals surface area contributed by atoms with Crippen molar-refractivity contribution in [2.75, 3.05) is 6.26 Å². The molecular formula is C14H27NO2S. The smallest absolute Gasteiger partial charge is 0.150 e. The van der Waals surface area contributed by atoms with Crippen molar-refractivity contribution in [2.24, 2.45) is 23.5 Å². The Morgan fingerprint density at radius 3 is 2.28 bits per heavy atom. The van der Waals surface area contributed by atoms with E-state index in [1.807, 2.05) is 0 Å². The van der Waals surface area contributed by atoms with E-state index in [4.69, 9.17) is 5.73 Å². The van der Waals surface area contributed by atoms with E-state index in [2.05, 4.69) is 6.92 Å². The molecule has 5 atom stereocenters. The maximum atomic E-state index is 11.7. The molecular weight excluding hydrogens is 246 g/mol. The number of hydrogen-bond acceptors (Lipinski definition) is 3. The predicted molar refractivity (Wildman–Crippen MR) is 75.1 cm³/mol. The quantitative estimate of drug-likeness (QED) is 0.858. The molecule has 0 aliphatic heterocycles.